The number of hydrogen-bond acceptors (Lipinski definition) is 2. The summed E-state index contributed by atoms with van der Waals surface area (Å²) in [5.74, 6) is 0. The average molecular weight is 248 g/mol. The molecule has 0 saturated heterocycles. The van der Waals surface area contributed by atoms with Gasteiger partial charge in [0.25, 0.3) is 0 Å². The van der Waals surface area contributed by atoms with E-state index in [2.05, 4.69) is 19.1 Å². The van der Waals surface area contributed by atoms with E-state index in [0.29, 0.717) is 5.25 Å². The molecule has 1 nitrogen and oxygen atoms in total. The second-order valence-corrected chi connectivity index (χ2v) is 3.99. The van der Waals surface area contributed by atoms with Crippen LogP contribution in [0.15, 0.2) is 35.2 Å². The molecule has 0 saturated carbocycles. The Labute approximate surface area is 88.5 Å². The molecule has 1 aromatic carbocycles. The Morgan fingerprint density at radius 1 is 1.33 bits per heavy atom. The number of thioether (sulfide) groups is 1. The molecular weight excluding hydrogens is 234 g/mol. The highest BCUT2D eigenvalue weighted by atomic mass is 79.9. The Kier molecular flexibility index (Phi) is 6.52. The molecule has 2 N–H and O–H groups in total. The number of rotatable bonds is 3. The normalized spacial score (nSPS) is 11.8. The third kappa shape index (κ3) is 4.14. The van der Waals surface area contributed by atoms with Crippen molar-refractivity contribution in [1.29, 1.82) is 0 Å². The molecule has 1 rings (SSSR count). The summed E-state index contributed by atoms with van der Waals surface area (Å²) in [5.41, 5.74) is 5.50. The van der Waals surface area contributed by atoms with E-state index in [0.717, 1.165) is 6.54 Å². The highest BCUT2D eigenvalue weighted by Crippen LogP contribution is 2.21. The Balaban J connectivity index is 0.00000121. The first-order chi connectivity index (χ1) is 5.33. The molecule has 0 bridgehead atoms. The van der Waals surface area contributed by atoms with Crippen molar-refractivity contribution in [2.75, 3.05) is 6.54 Å². The second-order valence-electron chi connectivity index (χ2n) is 2.48. The van der Waals surface area contributed by atoms with Crippen LogP contribution in [0.25, 0.3) is 0 Å². The van der Waals surface area contributed by atoms with E-state index in [4.69, 9.17) is 5.73 Å². The zero-order valence-electron chi connectivity index (χ0n) is 7.07. The number of nitrogens with two attached hydrogens (primary N) is 1. The molecule has 0 aromatic heterocycles. The molecule has 68 valence electrons. The van der Waals surface area contributed by atoms with E-state index in [1.165, 1.54) is 4.90 Å². The Morgan fingerprint density at radius 3 is 2.42 bits per heavy atom. The Hall–Kier alpha value is 0.0100. The van der Waals surface area contributed by atoms with Crippen molar-refractivity contribution in [2.24, 2.45) is 5.73 Å². The average Bonchev–Trinajstić information content (AvgIpc) is 2.06. The number of benzene rings is 1. The van der Waals surface area contributed by atoms with Gasteiger partial charge >= 0.3 is 0 Å². The largest absolute Gasteiger partial charge is 0.329 e. The quantitative estimate of drug-likeness (QED) is 0.832. The third-order valence-electron chi connectivity index (χ3n) is 1.41. The van der Waals surface area contributed by atoms with Gasteiger partial charge in [0.1, 0.15) is 0 Å². The van der Waals surface area contributed by atoms with Gasteiger partial charge in [-0.25, -0.2) is 0 Å². The highest BCUT2D eigenvalue weighted by molar-refractivity contribution is 8.93. The first kappa shape index (κ1) is 12.0. The van der Waals surface area contributed by atoms with Crippen LogP contribution < -0.4 is 5.73 Å². The molecule has 1 aromatic rings. The third-order valence-corrected chi connectivity index (χ3v) is 2.55. The monoisotopic (exact) mass is 247 g/mol. The molecule has 0 aliphatic carbocycles. The van der Waals surface area contributed by atoms with Crippen molar-refractivity contribution in [3.63, 3.8) is 0 Å². The molecule has 0 fully saturated rings. The molecule has 1 unspecified atom stereocenters. The molecule has 0 amide bonds. The summed E-state index contributed by atoms with van der Waals surface area (Å²) in [6.07, 6.45) is 0. The summed E-state index contributed by atoms with van der Waals surface area (Å²) in [7, 11) is 0. The van der Waals surface area contributed by atoms with Crippen LogP contribution in [-0.4, -0.2) is 11.8 Å². The van der Waals surface area contributed by atoms with Gasteiger partial charge in [0.2, 0.25) is 0 Å². The zero-order valence-corrected chi connectivity index (χ0v) is 9.59. The Morgan fingerprint density at radius 2 is 1.92 bits per heavy atom. The lowest BCUT2D eigenvalue weighted by atomic mass is 10.4. The smallest absolute Gasteiger partial charge is 0.0189 e. The van der Waals surface area contributed by atoms with E-state index in [1.54, 1.807) is 0 Å². The predicted octanol–water partition coefficient (Wildman–Crippen LogP) is 2.70. The van der Waals surface area contributed by atoms with Gasteiger partial charge in [0.15, 0.2) is 0 Å². The standard InChI is InChI=1S/C9H13NS.BrH/c1-8(7-10)11-9-5-3-2-4-6-9;/h2-6,8H,7,10H2,1H3;1H. The van der Waals surface area contributed by atoms with Crippen molar-refractivity contribution in [3.05, 3.63) is 30.3 Å². The molecule has 12 heavy (non-hydrogen) atoms. The summed E-state index contributed by atoms with van der Waals surface area (Å²) < 4.78 is 0. The first-order valence-electron chi connectivity index (χ1n) is 3.74. The summed E-state index contributed by atoms with van der Waals surface area (Å²) in [5, 5.41) is 0.511. The SMILES string of the molecule is Br.CC(CN)Sc1ccccc1. The van der Waals surface area contributed by atoms with Gasteiger partial charge in [-0.15, -0.1) is 28.7 Å². The van der Waals surface area contributed by atoms with Crippen LogP contribution >= 0.6 is 28.7 Å². The van der Waals surface area contributed by atoms with Crippen LogP contribution in [0, 0.1) is 0 Å². The van der Waals surface area contributed by atoms with Crippen LogP contribution in [0.2, 0.25) is 0 Å². The Bertz CT molecular complexity index is 203. The number of hydrogen-bond donors (Lipinski definition) is 1. The fourth-order valence-electron chi connectivity index (χ4n) is 0.779. The van der Waals surface area contributed by atoms with Crippen molar-refractivity contribution in [2.45, 2.75) is 17.1 Å². The van der Waals surface area contributed by atoms with Crippen LogP contribution in [0.3, 0.4) is 0 Å². The molecule has 0 heterocycles. The second kappa shape index (κ2) is 6.52. The molecule has 1 atom stereocenters. The van der Waals surface area contributed by atoms with Gasteiger partial charge in [-0.1, -0.05) is 25.1 Å². The summed E-state index contributed by atoms with van der Waals surface area (Å²) in [4.78, 5) is 1.30. The van der Waals surface area contributed by atoms with E-state index in [-0.39, 0.29) is 17.0 Å². The molecule has 3 heteroatoms. The van der Waals surface area contributed by atoms with Gasteiger partial charge in [-0.2, -0.15) is 0 Å². The van der Waals surface area contributed by atoms with E-state index in [1.807, 2.05) is 30.0 Å². The molecule has 0 aliphatic rings. The lowest BCUT2D eigenvalue weighted by molar-refractivity contribution is 0.951. The van der Waals surface area contributed by atoms with Crippen molar-refractivity contribution in [3.8, 4) is 0 Å². The van der Waals surface area contributed by atoms with E-state index >= 15 is 0 Å². The van der Waals surface area contributed by atoms with Gasteiger partial charge in [0.05, 0.1) is 0 Å². The molecular formula is C9H14BrNS. The van der Waals surface area contributed by atoms with E-state index < -0.39 is 0 Å². The highest BCUT2D eigenvalue weighted by Gasteiger charge is 1.99. The minimum Gasteiger partial charge on any atom is -0.329 e. The number of halogens is 1. The van der Waals surface area contributed by atoms with Gasteiger partial charge in [-0.3, -0.25) is 0 Å². The minimum absolute atomic E-state index is 0. The maximum atomic E-state index is 5.50. The lowest BCUT2D eigenvalue weighted by Gasteiger charge is -2.06. The van der Waals surface area contributed by atoms with Crippen LogP contribution in [-0.2, 0) is 0 Å². The first-order valence-corrected chi connectivity index (χ1v) is 4.62. The van der Waals surface area contributed by atoms with Gasteiger partial charge in [0, 0.05) is 16.7 Å². The zero-order chi connectivity index (χ0) is 8.10. The molecule has 0 spiro atoms. The van der Waals surface area contributed by atoms with Gasteiger partial charge < -0.3 is 5.73 Å². The summed E-state index contributed by atoms with van der Waals surface area (Å²) >= 11 is 1.82. The maximum Gasteiger partial charge on any atom is 0.0189 e. The molecule has 0 aliphatic heterocycles. The lowest BCUT2D eigenvalue weighted by Crippen LogP contribution is -2.11. The maximum absolute atomic E-state index is 5.50. The molecule has 0 radical (unpaired) electrons. The van der Waals surface area contributed by atoms with Crippen LogP contribution in [0.4, 0.5) is 0 Å². The van der Waals surface area contributed by atoms with Crippen LogP contribution in [0.1, 0.15) is 6.92 Å². The minimum atomic E-state index is 0. The van der Waals surface area contributed by atoms with Crippen molar-refractivity contribution < 1.29 is 0 Å². The van der Waals surface area contributed by atoms with Crippen molar-refractivity contribution in [1.82, 2.24) is 0 Å². The summed E-state index contributed by atoms with van der Waals surface area (Å²) in [6, 6.07) is 10.3. The fourth-order valence-corrected chi connectivity index (χ4v) is 1.65. The summed E-state index contributed by atoms with van der Waals surface area (Å²) in [6.45, 7) is 2.87. The van der Waals surface area contributed by atoms with E-state index in [9.17, 15) is 0 Å². The fraction of sp³-hybridized carbons (Fsp3) is 0.333. The van der Waals surface area contributed by atoms with Gasteiger partial charge in [-0.05, 0) is 12.1 Å². The topological polar surface area (TPSA) is 26.0 Å². The predicted molar refractivity (Wildman–Crippen MR) is 61.1 cm³/mol. The van der Waals surface area contributed by atoms with Crippen LogP contribution in [0.5, 0.6) is 0 Å². The van der Waals surface area contributed by atoms with Crippen molar-refractivity contribution >= 4 is 28.7 Å².